The standard InChI is InChI=1S/C20H16N2O/c23-13-14-6-8-15(9-7-14)17-10-11-21-18-12-22-20(19(17)18)16-4-2-1-3-5-16/h1-11,23H,12-13H2. The summed E-state index contributed by atoms with van der Waals surface area (Å²) in [4.78, 5) is 9.21. The smallest absolute Gasteiger partial charge is 0.0826 e. The van der Waals surface area contributed by atoms with Crippen LogP contribution in [0.15, 0.2) is 71.9 Å². The van der Waals surface area contributed by atoms with Crippen molar-refractivity contribution in [2.75, 3.05) is 0 Å². The van der Waals surface area contributed by atoms with Crippen LogP contribution >= 0.6 is 0 Å². The minimum Gasteiger partial charge on any atom is -0.392 e. The van der Waals surface area contributed by atoms with Crippen LogP contribution in [0.5, 0.6) is 0 Å². The second-order valence-electron chi connectivity index (χ2n) is 5.57. The molecule has 0 saturated carbocycles. The molecule has 1 aliphatic heterocycles. The van der Waals surface area contributed by atoms with Crippen LogP contribution < -0.4 is 0 Å². The summed E-state index contributed by atoms with van der Waals surface area (Å²) in [6, 6.07) is 20.3. The van der Waals surface area contributed by atoms with Crippen molar-refractivity contribution in [3.63, 3.8) is 0 Å². The normalized spacial score (nSPS) is 12.8. The number of aliphatic imine (C=N–C) groups is 1. The van der Waals surface area contributed by atoms with Crippen molar-refractivity contribution >= 4 is 5.71 Å². The van der Waals surface area contributed by atoms with Crippen molar-refractivity contribution in [2.24, 2.45) is 4.99 Å². The average molecular weight is 300 g/mol. The lowest BCUT2D eigenvalue weighted by Crippen LogP contribution is -2.04. The monoisotopic (exact) mass is 300 g/mol. The highest BCUT2D eigenvalue weighted by atomic mass is 16.3. The highest BCUT2D eigenvalue weighted by Crippen LogP contribution is 2.31. The number of aromatic nitrogens is 1. The molecule has 4 rings (SSSR count). The minimum atomic E-state index is 0.0610. The van der Waals surface area contributed by atoms with E-state index in [0.717, 1.165) is 39.2 Å². The van der Waals surface area contributed by atoms with Gasteiger partial charge in [0.05, 0.1) is 24.6 Å². The number of pyridine rings is 1. The molecule has 0 bridgehead atoms. The zero-order valence-electron chi connectivity index (χ0n) is 12.6. The number of hydrogen-bond donors (Lipinski definition) is 1. The number of aliphatic hydroxyl groups excluding tert-OH is 1. The third kappa shape index (κ3) is 2.45. The Morgan fingerprint density at radius 3 is 2.39 bits per heavy atom. The summed E-state index contributed by atoms with van der Waals surface area (Å²) in [6.07, 6.45) is 1.84. The SMILES string of the molecule is OCc1ccc(-c2ccnc3c2C(c2ccccc2)=NC3)cc1. The first kappa shape index (κ1) is 13.9. The largest absolute Gasteiger partial charge is 0.392 e. The number of benzene rings is 2. The molecule has 0 amide bonds. The molecule has 2 aromatic carbocycles. The van der Waals surface area contributed by atoms with Crippen LogP contribution in [0.4, 0.5) is 0 Å². The lowest BCUT2D eigenvalue weighted by atomic mass is 9.93. The van der Waals surface area contributed by atoms with Gasteiger partial charge in [-0.2, -0.15) is 0 Å². The zero-order chi connectivity index (χ0) is 15.6. The van der Waals surface area contributed by atoms with Gasteiger partial charge in [0.15, 0.2) is 0 Å². The third-order valence-corrected chi connectivity index (χ3v) is 4.15. The third-order valence-electron chi connectivity index (χ3n) is 4.15. The molecule has 2 heterocycles. The second-order valence-corrected chi connectivity index (χ2v) is 5.57. The van der Waals surface area contributed by atoms with Crippen molar-refractivity contribution in [1.29, 1.82) is 0 Å². The van der Waals surface area contributed by atoms with Gasteiger partial charge in [-0.15, -0.1) is 0 Å². The molecule has 0 unspecified atom stereocenters. The van der Waals surface area contributed by atoms with Crippen LogP contribution in [0, 0.1) is 0 Å². The summed E-state index contributed by atoms with van der Waals surface area (Å²) in [5, 5.41) is 9.22. The van der Waals surface area contributed by atoms with Gasteiger partial charge in [0.25, 0.3) is 0 Å². The number of rotatable bonds is 3. The fourth-order valence-corrected chi connectivity index (χ4v) is 2.98. The van der Waals surface area contributed by atoms with Crippen molar-refractivity contribution in [1.82, 2.24) is 4.98 Å². The van der Waals surface area contributed by atoms with Crippen molar-refractivity contribution in [3.8, 4) is 11.1 Å². The molecule has 112 valence electrons. The van der Waals surface area contributed by atoms with Gasteiger partial charge in [0.1, 0.15) is 0 Å². The first-order valence-corrected chi connectivity index (χ1v) is 7.65. The molecule has 1 N–H and O–H groups in total. The Morgan fingerprint density at radius 2 is 1.65 bits per heavy atom. The fourth-order valence-electron chi connectivity index (χ4n) is 2.98. The summed E-state index contributed by atoms with van der Waals surface area (Å²) in [5.41, 5.74) is 7.44. The molecule has 0 spiro atoms. The second kappa shape index (κ2) is 5.78. The number of nitrogens with zero attached hydrogens (tertiary/aromatic N) is 2. The molecule has 23 heavy (non-hydrogen) atoms. The molecule has 3 nitrogen and oxygen atoms in total. The Bertz CT molecular complexity index is 868. The van der Waals surface area contributed by atoms with Gasteiger partial charge in [-0.25, -0.2) is 0 Å². The van der Waals surface area contributed by atoms with Crippen LogP contribution in [0.1, 0.15) is 22.4 Å². The van der Waals surface area contributed by atoms with Crippen LogP contribution in [0.2, 0.25) is 0 Å². The van der Waals surface area contributed by atoms with Crippen LogP contribution in [0.3, 0.4) is 0 Å². The minimum absolute atomic E-state index is 0.0610. The van der Waals surface area contributed by atoms with E-state index in [1.807, 2.05) is 54.7 Å². The summed E-state index contributed by atoms with van der Waals surface area (Å²) in [5.74, 6) is 0. The highest BCUT2D eigenvalue weighted by Gasteiger charge is 2.22. The van der Waals surface area contributed by atoms with E-state index in [0.29, 0.717) is 6.54 Å². The Labute approximate surface area is 135 Å². The molecule has 0 fully saturated rings. The number of aliphatic hydroxyl groups is 1. The van der Waals surface area contributed by atoms with E-state index >= 15 is 0 Å². The van der Waals surface area contributed by atoms with Gasteiger partial charge in [-0.05, 0) is 22.8 Å². The summed E-state index contributed by atoms with van der Waals surface area (Å²) in [7, 11) is 0. The first-order chi connectivity index (χ1) is 11.4. The topological polar surface area (TPSA) is 45.5 Å². The van der Waals surface area contributed by atoms with Crippen LogP contribution in [-0.2, 0) is 13.2 Å². The fraction of sp³-hybridized carbons (Fsp3) is 0.100. The predicted molar refractivity (Wildman–Crippen MR) is 91.4 cm³/mol. The number of fused-ring (bicyclic) bond motifs is 1. The molecule has 3 aromatic rings. The molecular formula is C20H16N2O. The van der Waals surface area contributed by atoms with E-state index in [-0.39, 0.29) is 6.61 Å². The Morgan fingerprint density at radius 1 is 0.870 bits per heavy atom. The maximum absolute atomic E-state index is 9.22. The Balaban J connectivity index is 1.85. The van der Waals surface area contributed by atoms with Crippen LogP contribution in [0.25, 0.3) is 11.1 Å². The first-order valence-electron chi connectivity index (χ1n) is 7.65. The molecule has 0 radical (unpaired) electrons. The predicted octanol–water partition coefficient (Wildman–Crippen LogP) is 3.59. The molecule has 0 atom stereocenters. The summed E-state index contributed by atoms with van der Waals surface area (Å²) in [6.45, 7) is 0.688. The number of hydrogen-bond acceptors (Lipinski definition) is 3. The van der Waals surface area contributed by atoms with E-state index in [9.17, 15) is 5.11 Å². The summed E-state index contributed by atoms with van der Waals surface area (Å²) >= 11 is 0. The van der Waals surface area contributed by atoms with Gasteiger partial charge >= 0.3 is 0 Å². The molecule has 1 aromatic heterocycles. The quantitative estimate of drug-likeness (QED) is 0.803. The van der Waals surface area contributed by atoms with E-state index in [1.165, 1.54) is 0 Å². The van der Waals surface area contributed by atoms with Gasteiger partial charge in [0, 0.05) is 17.3 Å². The van der Waals surface area contributed by atoms with Crippen LogP contribution in [-0.4, -0.2) is 15.8 Å². The Kier molecular flexibility index (Phi) is 3.48. The van der Waals surface area contributed by atoms with E-state index in [1.54, 1.807) is 0 Å². The molecule has 0 saturated heterocycles. The van der Waals surface area contributed by atoms with Gasteiger partial charge in [0.2, 0.25) is 0 Å². The molecule has 1 aliphatic rings. The highest BCUT2D eigenvalue weighted by molar-refractivity contribution is 6.18. The Hall–Kier alpha value is -2.78. The van der Waals surface area contributed by atoms with Gasteiger partial charge in [-0.1, -0.05) is 54.6 Å². The lowest BCUT2D eigenvalue weighted by Gasteiger charge is -2.11. The maximum atomic E-state index is 9.22. The lowest BCUT2D eigenvalue weighted by molar-refractivity contribution is 0.282. The average Bonchev–Trinajstić information content (AvgIpc) is 3.07. The van der Waals surface area contributed by atoms with E-state index in [2.05, 4.69) is 17.1 Å². The van der Waals surface area contributed by atoms with Crippen molar-refractivity contribution in [3.05, 3.63) is 89.2 Å². The van der Waals surface area contributed by atoms with Crippen molar-refractivity contribution in [2.45, 2.75) is 13.2 Å². The van der Waals surface area contributed by atoms with E-state index < -0.39 is 0 Å². The molecule has 0 aliphatic carbocycles. The van der Waals surface area contributed by atoms with E-state index in [4.69, 9.17) is 4.99 Å². The zero-order valence-corrected chi connectivity index (χ0v) is 12.6. The van der Waals surface area contributed by atoms with Gasteiger partial charge in [-0.3, -0.25) is 9.98 Å². The van der Waals surface area contributed by atoms with Gasteiger partial charge < -0.3 is 5.11 Å². The maximum Gasteiger partial charge on any atom is 0.0826 e. The molecule has 3 heteroatoms. The van der Waals surface area contributed by atoms with Crippen molar-refractivity contribution < 1.29 is 5.11 Å². The summed E-state index contributed by atoms with van der Waals surface area (Å²) < 4.78 is 0. The molecular weight excluding hydrogens is 284 g/mol.